The molecule has 1 amide bonds. The second-order valence-electron chi connectivity index (χ2n) is 4.80. The van der Waals surface area contributed by atoms with Crippen LogP contribution in [0.3, 0.4) is 0 Å². The van der Waals surface area contributed by atoms with Gasteiger partial charge in [0.1, 0.15) is 0 Å². The molecule has 1 heterocycles. The largest absolute Gasteiger partial charge is 0.399 e. The highest BCUT2D eigenvalue weighted by atomic mass is 16.5. The monoisotopic (exact) mass is 248 g/mol. The van der Waals surface area contributed by atoms with Crippen LogP contribution in [0.1, 0.15) is 31.2 Å². The van der Waals surface area contributed by atoms with Crippen LogP contribution in [0.4, 0.5) is 11.4 Å². The molecule has 98 valence electrons. The van der Waals surface area contributed by atoms with Gasteiger partial charge in [0.05, 0.1) is 6.10 Å². The molecule has 1 unspecified atom stereocenters. The number of nitrogens with two attached hydrogens (primary N) is 1. The first-order valence-corrected chi connectivity index (χ1v) is 6.43. The highest BCUT2D eigenvalue weighted by Gasteiger charge is 2.16. The minimum atomic E-state index is 0.0270. The molecule has 4 nitrogen and oxygen atoms in total. The van der Waals surface area contributed by atoms with Gasteiger partial charge >= 0.3 is 0 Å². The maximum atomic E-state index is 11.8. The maximum Gasteiger partial charge on any atom is 0.224 e. The number of carbonyl (C=O) groups is 1. The summed E-state index contributed by atoms with van der Waals surface area (Å²) < 4.78 is 5.50. The average molecular weight is 248 g/mol. The third-order valence-electron chi connectivity index (χ3n) is 3.25. The molecule has 18 heavy (non-hydrogen) atoms. The summed E-state index contributed by atoms with van der Waals surface area (Å²) in [5, 5.41) is 2.90. The molecule has 0 spiro atoms. The van der Waals surface area contributed by atoms with E-state index in [2.05, 4.69) is 5.32 Å². The molecule has 1 aliphatic heterocycles. The van der Waals surface area contributed by atoms with Crippen LogP contribution in [0, 0.1) is 6.92 Å². The number of aryl methyl sites for hydroxylation is 1. The van der Waals surface area contributed by atoms with Crippen LogP contribution in [-0.4, -0.2) is 18.6 Å². The number of hydrogen-bond acceptors (Lipinski definition) is 3. The standard InChI is InChI=1S/C14H20N2O2/c1-10-4-5-11(15)9-13(10)16-14(17)7-6-12-3-2-8-18-12/h4-5,9,12H,2-3,6-8,15H2,1H3,(H,16,17). The van der Waals surface area contributed by atoms with Crippen LogP contribution in [0.5, 0.6) is 0 Å². The Morgan fingerprint density at radius 2 is 2.39 bits per heavy atom. The molecule has 0 aliphatic carbocycles. The van der Waals surface area contributed by atoms with E-state index in [-0.39, 0.29) is 12.0 Å². The van der Waals surface area contributed by atoms with Crippen LogP contribution in [-0.2, 0) is 9.53 Å². The van der Waals surface area contributed by atoms with E-state index in [0.29, 0.717) is 12.1 Å². The summed E-state index contributed by atoms with van der Waals surface area (Å²) >= 11 is 0. The highest BCUT2D eigenvalue weighted by molar-refractivity contribution is 5.92. The Kier molecular flexibility index (Phi) is 4.20. The molecule has 3 N–H and O–H groups in total. The molecule has 1 aromatic carbocycles. The molecule has 0 radical (unpaired) electrons. The van der Waals surface area contributed by atoms with Gasteiger partial charge in [-0.05, 0) is 43.9 Å². The Balaban J connectivity index is 1.84. The summed E-state index contributed by atoms with van der Waals surface area (Å²) in [4.78, 5) is 11.8. The highest BCUT2D eigenvalue weighted by Crippen LogP contribution is 2.20. The molecule has 0 aromatic heterocycles. The van der Waals surface area contributed by atoms with E-state index in [4.69, 9.17) is 10.5 Å². The molecule has 4 heteroatoms. The van der Waals surface area contributed by atoms with E-state index in [1.807, 2.05) is 19.1 Å². The number of amides is 1. The first kappa shape index (κ1) is 12.9. The van der Waals surface area contributed by atoms with E-state index >= 15 is 0 Å². The topological polar surface area (TPSA) is 64.3 Å². The van der Waals surface area contributed by atoms with Crippen LogP contribution in [0.15, 0.2) is 18.2 Å². The molecule has 2 rings (SSSR count). The Labute approximate surface area is 108 Å². The Hall–Kier alpha value is -1.55. The fraction of sp³-hybridized carbons (Fsp3) is 0.500. The SMILES string of the molecule is Cc1ccc(N)cc1NC(=O)CCC1CCCO1. The van der Waals surface area contributed by atoms with Gasteiger partial charge in [-0.2, -0.15) is 0 Å². The van der Waals surface area contributed by atoms with Gasteiger partial charge in [0.2, 0.25) is 5.91 Å². The number of hydrogen-bond donors (Lipinski definition) is 2. The van der Waals surface area contributed by atoms with Crippen molar-refractivity contribution in [2.24, 2.45) is 0 Å². The van der Waals surface area contributed by atoms with Crippen LogP contribution in [0.2, 0.25) is 0 Å². The zero-order chi connectivity index (χ0) is 13.0. The normalized spacial score (nSPS) is 18.8. The number of carbonyl (C=O) groups excluding carboxylic acids is 1. The van der Waals surface area contributed by atoms with Gasteiger partial charge in [-0.3, -0.25) is 4.79 Å². The molecular weight excluding hydrogens is 228 g/mol. The summed E-state index contributed by atoms with van der Waals surface area (Å²) in [5.41, 5.74) is 8.19. The van der Waals surface area contributed by atoms with Crippen molar-refractivity contribution in [3.05, 3.63) is 23.8 Å². The Morgan fingerprint density at radius 1 is 1.56 bits per heavy atom. The average Bonchev–Trinajstić information content (AvgIpc) is 2.84. The second-order valence-corrected chi connectivity index (χ2v) is 4.80. The Morgan fingerprint density at radius 3 is 3.11 bits per heavy atom. The maximum absolute atomic E-state index is 11.8. The number of ether oxygens (including phenoxy) is 1. The van der Waals surface area contributed by atoms with Gasteiger partial charge in [0.25, 0.3) is 0 Å². The quantitative estimate of drug-likeness (QED) is 0.804. The van der Waals surface area contributed by atoms with E-state index in [0.717, 1.165) is 37.1 Å². The van der Waals surface area contributed by atoms with Gasteiger partial charge in [-0.1, -0.05) is 6.07 Å². The van der Waals surface area contributed by atoms with E-state index < -0.39 is 0 Å². The zero-order valence-electron chi connectivity index (χ0n) is 10.7. The van der Waals surface area contributed by atoms with Crippen molar-refractivity contribution < 1.29 is 9.53 Å². The lowest BCUT2D eigenvalue weighted by Gasteiger charge is -2.11. The molecule has 1 aromatic rings. The molecular formula is C14H20N2O2. The minimum absolute atomic E-state index is 0.0270. The molecule has 1 atom stereocenters. The third kappa shape index (κ3) is 3.47. The summed E-state index contributed by atoms with van der Waals surface area (Å²) in [6.07, 6.45) is 3.75. The van der Waals surface area contributed by atoms with Crippen molar-refractivity contribution in [2.75, 3.05) is 17.7 Å². The third-order valence-corrected chi connectivity index (χ3v) is 3.25. The molecule has 1 aliphatic rings. The summed E-state index contributed by atoms with van der Waals surface area (Å²) in [6, 6.07) is 5.53. The molecule has 0 bridgehead atoms. The van der Waals surface area contributed by atoms with Gasteiger partial charge in [0, 0.05) is 24.4 Å². The number of nitrogens with one attached hydrogen (secondary N) is 1. The first-order valence-electron chi connectivity index (χ1n) is 6.43. The van der Waals surface area contributed by atoms with Crippen LogP contribution >= 0.6 is 0 Å². The molecule has 1 saturated heterocycles. The fourth-order valence-electron chi connectivity index (χ4n) is 2.15. The van der Waals surface area contributed by atoms with Crippen molar-refractivity contribution in [1.82, 2.24) is 0 Å². The number of benzene rings is 1. The van der Waals surface area contributed by atoms with Crippen molar-refractivity contribution in [2.45, 2.75) is 38.7 Å². The lowest BCUT2D eigenvalue weighted by atomic mass is 10.1. The lowest BCUT2D eigenvalue weighted by molar-refractivity contribution is -0.116. The summed E-state index contributed by atoms with van der Waals surface area (Å²) in [5.74, 6) is 0.0270. The predicted octanol–water partition coefficient (Wildman–Crippen LogP) is 2.47. The van der Waals surface area contributed by atoms with Gasteiger partial charge in [-0.25, -0.2) is 0 Å². The smallest absolute Gasteiger partial charge is 0.224 e. The zero-order valence-corrected chi connectivity index (χ0v) is 10.7. The van der Waals surface area contributed by atoms with Gasteiger partial charge < -0.3 is 15.8 Å². The minimum Gasteiger partial charge on any atom is -0.399 e. The van der Waals surface area contributed by atoms with Gasteiger partial charge in [-0.15, -0.1) is 0 Å². The van der Waals surface area contributed by atoms with E-state index in [1.54, 1.807) is 6.07 Å². The van der Waals surface area contributed by atoms with Crippen molar-refractivity contribution in [3.8, 4) is 0 Å². The Bertz CT molecular complexity index is 426. The second kappa shape index (κ2) is 5.87. The predicted molar refractivity (Wildman–Crippen MR) is 72.4 cm³/mol. The number of nitrogen functional groups attached to an aromatic ring is 1. The van der Waals surface area contributed by atoms with E-state index in [9.17, 15) is 4.79 Å². The first-order chi connectivity index (χ1) is 8.65. The van der Waals surface area contributed by atoms with Crippen LogP contribution in [0.25, 0.3) is 0 Å². The van der Waals surface area contributed by atoms with Crippen LogP contribution < -0.4 is 11.1 Å². The van der Waals surface area contributed by atoms with Crippen molar-refractivity contribution >= 4 is 17.3 Å². The number of rotatable bonds is 4. The summed E-state index contributed by atoms with van der Waals surface area (Å²) in [7, 11) is 0. The van der Waals surface area contributed by atoms with E-state index in [1.165, 1.54) is 0 Å². The lowest BCUT2D eigenvalue weighted by Crippen LogP contribution is -2.15. The fourth-order valence-corrected chi connectivity index (χ4v) is 2.15. The molecule has 1 fully saturated rings. The summed E-state index contributed by atoms with van der Waals surface area (Å²) in [6.45, 7) is 2.79. The van der Waals surface area contributed by atoms with Crippen molar-refractivity contribution in [1.29, 1.82) is 0 Å². The van der Waals surface area contributed by atoms with Crippen molar-refractivity contribution in [3.63, 3.8) is 0 Å². The van der Waals surface area contributed by atoms with Gasteiger partial charge in [0.15, 0.2) is 0 Å². The number of anilines is 2. The molecule has 0 saturated carbocycles.